The van der Waals surface area contributed by atoms with Gasteiger partial charge in [0.2, 0.25) is 0 Å². The molecule has 0 saturated carbocycles. The van der Waals surface area contributed by atoms with Gasteiger partial charge in [-0.25, -0.2) is 0 Å². The third-order valence-corrected chi connectivity index (χ3v) is 4.81. The van der Waals surface area contributed by atoms with Crippen molar-refractivity contribution in [3.63, 3.8) is 0 Å². The first-order valence-corrected chi connectivity index (χ1v) is 9.41. The molecule has 25 heavy (non-hydrogen) atoms. The SMILES string of the molecule is CCC(OC(=O)C(CC(C)C)C(C)(C)C)c1ccc2ccccc2c1. The van der Waals surface area contributed by atoms with Crippen molar-refractivity contribution < 1.29 is 9.53 Å². The molecule has 2 rings (SSSR count). The van der Waals surface area contributed by atoms with E-state index in [0.29, 0.717) is 5.92 Å². The number of fused-ring (bicyclic) bond motifs is 1. The molecule has 0 radical (unpaired) electrons. The molecule has 2 nitrogen and oxygen atoms in total. The van der Waals surface area contributed by atoms with Gasteiger partial charge in [0, 0.05) is 0 Å². The van der Waals surface area contributed by atoms with Gasteiger partial charge < -0.3 is 4.74 Å². The van der Waals surface area contributed by atoms with Crippen LogP contribution in [-0.2, 0) is 9.53 Å². The minimum Gasteiger partial charge on any atom is -0.457 e. The monoisotopic (exact) mass is 340 g/mol. The van der Waals surface area contributed by atoms with Crippen molar-refractivity contribution in [3.8, 4) is 0 Å². The Balaban J connectivity index is 2.22. The van der Waals surface area contributed by atoms with Crippen LogP contribution >= 0.6 is 0 Å². The standard InChI is InChI=1S/C23H32O2/c1-7-21(19-13-12-17-10-8-9-11-18(17)15-19)25-22(24)20(14-16(2)3)23(4,5)6/h8-13,15-16,20-21H,7,14H2,1-6H3. The lowest BCUT2D eigenvalue weighted by Gasteiger charge is -2.31. The van der Waals surface area contributed by atoms with Crippen molar-refractivity contribution in [2.75, 3.05) is 0 Å². The Morgan fingerprint density at radius 1 is 1.04 bits per heavy atom. The average Bonchev–Trinajstić information content (AvgIpc) is 2.55. The third-order valence-electron chi connectivity index (χ3n) is 4.81. The highest BCUT2D eigenvalue weighted by Crippen LogP contribution is 2.35. The van der Waals surface area contributed by atoms with Crippen LogP contribution in [0.5, 0.6) is 0 Å². The molecule has 2 heteroatoms. The Bertz CT molecular complexity index is 709. The lowest BCUT2D eigenvalue weighted by molar-refractivity contribution is -0.159. The maximum absolute atomic E-state index is 12.9. The van der Waals surface area contributed by atoms with Gasteiger partial charge in [0.05, 0.1) is 5.92 Å². The van der Waals surface area contributed by atoms with Gasteiger partial charge in [0.25, 0.3) is 0 Å². The summed E-state index contributed by atoms with van der Waals surface area (Å²) in [6.07, 6.45) is 1.45. The Hall–Kier alpha value is -1.83. The van der Waals surface area contributed by atoms with Crippen LogP contribution in [0.25, 0.3) is 10.8 Å². The highest BCUT2D eigenvalue weighted by molar-refractivity contribution is 5.83. The molecule has 0 aliphatic rings. The van der Waals surface area contributed by atoms with E-state index < -0.39 is 0 Å². The maximum Gasteiger partial charge on any atom is 0.310 e. The van der Waals surface area contributed by atoms with Crippen molar-refractivity contribution in [1.82, 2.24) is 0 Å². The molecule has 0 aromatic heterocycles. The van der Waals surface area contributed by atoms with Gasteiger partial charge in [-0.15, -0.1) is 0 Å². The Kier molecular flexibility index (Phi) is 6.26. The first-order chi connectivity index (χ1) is 11.7. The zero-order valence-corrected chi connectivity index (χ0v) is 16.5. The zero-order chi connectivity index (χ0) is 18.6. The van der Waals surface area contributed by atoms with Gasteiger partial charge in [-0.2, -0.15) is 0 Å². The molecular formula is C23H32O2. The number of carbonyl (C=O) groups excluding carboxylic acids is 1. The number of rotatable bonds is 6. The molecule has 0 saturated heterocycles. The van der Waals surface area contributed by atoms with E-state index in [9.17, 15) is 4.79 Å². The smallest absolute Gasteiger partial charge is 0.310 e. The van der Waals surface area contributed by atoms with Gasteiger partial charge in [-0.05, 0) is 46.6 Å². The van der Waals surface area contributed by atoms with Crippen molar-refractivity contribution in [3.05, 3.63) is 48.0 Å². The molecule has 0 fully saturated rings. The Morgan fingerprint density at radius 3 is 2.24 bits per heavy atom. The predicted octanol–water partition coefficient (Wildman–Crippen LogP) is 6.54. The fraction of sp³-hybridized carbons (Fsp3) is 0.522. The number of esters is 1. The molecule has 2 aromatic carbocycles. The molecule has 2 unspecified atom stereocenters. The van der Waals surface area contributed by atoms with Crippen molar-refractivity contribution in [2.24, 2.45) is 17.3 Å². The van der Waals surface area contributed by atoms with Gasteiger partial charge in [0.1, 0.15) is 6.10 Å². The zero-order valence-electron chi connectivity index (χ0n) is 16.5. The second-order valence-corrected chi connectivity index (χ2v) is 8.49. The summed E-state index contributed by atoms with van der Waals surface area (Å²) in [7, 11) is 0. The molecule has 0 spiro atoms. The summed E-state index contributed by atoms with van der Waals surface area (Å²) in [4.78, 5) is 12.9. The van der Waals surface area contributed by atoms with Crippen molar-refractivity contribution in [2.45, 2.75) is 60.5 Å². The number of carbonyl (C=O) groups is 1. The van der Waals surface area contributed by atoms with E-state index >= 15 is 0 Å². The van der Waals surface area contributed by atoms with Gasteiger partial charge >= 0.3 is 5.97 Å². The van der Waals surface area contributed by atoms with E-state index in [-0.39, 0.29) is 23.4 Å². The topological polar surface area (TPSA) is 26.3 Å². The van der Waals surface area contributed by atoms with Crippen LogP contribution in [0.3, 0.4) is 0 Å². The summed E-state index contributed by atoms with van der Waals surface area (Å²) in [6.45, 7) is 12.8. The third kappa shape index (κ3) is 5.07. The van der Waals surface area contributed by atoms with Gasteiger partial charge in [-0.1, -0.05) is 77.9 Å². The fourth-order valence-electron chi connectivity index (χ4n) is 3.29. The van der Waals surface area contributed by atoms with Crippen LogP contribution in [0.2, 0.25) is 0 Å². The molecule has 0 aliphatic carbocycles. The van der Waals surface area contributed by atoms with Crippen LogP contribution in [0.15, 0.2) is 42.5 Å². The predicted molar refractivity (Wildman–Crippen MR) is 105 cm³/mol. The molecule has 0 N–H and O–H groups in total. The summed E-state index contributed by atoms with van der Waals surface area (Å²) in [5, 5.41) is 2.39. The molecule has 0 aliphatic heterocycles. The highest BCUT2D eigenvalue weighted by Gasteiger charge is 2.34. The molecule has 2 aromatic rings. The average molecular weight is 341 g/mol. The minimum atomic E-state index is -0.186. The molecular weight excluding hydrogens is 308 g/mol. The summed E-state index contributed by atoms with van der Waals surface area (Å²) in [6, 6.07) is 14.6. The summed E-state index contributed by atoms with van der Waals surface area (Å²) in [5.74, 6) is 0.320. The van der Waals surface area contributed by atoms with Crippen LogP contribution in [0.1, 0.15) is 66.1 Å². The van der Waals surface area contributed by atoms with Crippen LogP contribution < -0.4 is 0 Å². The Labute approximate surface area is 152 Å². The fourth-order valence-corrected chi connectivity index (χ4v) is 3.29. The maximum atomic E-state index is 12.9. The lowest BCUT2D eigenvalue weighted by Crippen LogP contribution is -2.32. The van der Waals surface area contributed by atoms with E-state index in [1.54, 1.807) is 0 Å². The largest absolute Gasteiger partial charge is 0.457 e. The normalized spacial score (nSPS) is 14.5. The van der Waals surface area contributed by atoms with Crippen molar-refractivity contribution >= 4 is 16.7 Å². The summed E-state index contributed by atoms with van der Waals surface area (Å²) >= 11 is 0. The first-order valence-electron chi connectivity index (χ1n) is 9.41. The molecule has 136 valence electrons. The van der Waals surface area contributed by atoms with E-state index in [1.165, 1.54) is 10.8 Å². The first kappa shape index (κ1) is 19.5. The van der Waals surface area contributed by atoms with E-state index in [4.69, 9.17) is 4.74 Å². The number of hydrogen-bond donors (Lipinski definition) is 0. The highest BCUT2D eigenvalue weighted by atomic mass is 16.5. The van der Waals surface area contributed by atoms with E-state index in [0.717, 1.165) is 18.4 Å². The van der Waals surface area contributed by atoms with Gasteiger partial charge in [0.15, 0.2) is 0 Å². The number of ether oxygens (including phenoxy) is 1. The number of hydrogen-bond acceptors (Lipinski definition) is 2. The molecule has 0 heterocycles. The van der Waals surface area contributed by atoms with Crippen LogP contribution in [0, 0.1) is 17.3 Å². The van der Waals surface area contributed by atoms with E-state index in [1.807, 2.05) is 12.1 Å². The van der Waals surface area contributed by atoms with Gasteiger partial charge in [-0.3, -0.25) is 4.79 Å². The number of benzene rings is 2. The summed E-state index contributed by atoms with van der Waals surface area (Å²) < 4.78 is 5.99. The summed E-state index contributed by atoms with van der Waals surface area (Å²) in [5.41, 5.74) is 0.981. The molecule has 0 amide bonds. The van der Waals surface area contributed by atoms with E-state index in [2.05, 4.69) is 71.9 Å². The second-order valence-electron chi connectivity index (χ2n) is 8.49. The quantitative estimate of drug-likeness (QED) is 0.558. The molecule has 0 bridgehead atoms. The minimum absolute atomic E-state index is 0.0683. The molecule has 2 atom stereocenters. The Morgan fingerprint density at radius 2 is 1.68 bits per heavy atom. The van der Waals surface area contributed by atoms with Crippen LogP contribution in [0.4, 0.5) is 0 Å². The van der Waals surface area contributed by atoms with Crippen LogP contribution in [-0.4, -0.2) is 5.97 Å². The van der Waals surface area contributed by atoms with Crippen molar-refractivity contribution in [1.29, 1.82) is 0 Å². The lowest BCUT2D eigenvalue weighted by atomic mass is 9.76. The second kappa shape index (κ2) is 8.03.